The summed E-state index contributed by atoms with van der Waals surface area (Å²) < 4.78 is 0. The molecule has 1 aromatic rings. The Balaban J connectivity index is 1.99. The first-order chi connectivity index (χ1) is 9.11. The highest BCUT2D eigenvalue weighted by Crippen LogP contribution is 2.20. The fourth-order valence-electron chi connectivity index (χ4n) is 2.80. The van der Waals surface area contributed by atoms with Gasteiger partial charge >= 0.3 is 5.97 Å². The minimum atomic E-state index is -0.873. The minimum absolute atomic E-state index is 0.341. The number of hydrogen-bond donors (Lipinski definition) is 1. The lowest BCUT2D eigenvalue weighted by Gasteiger charge is -2.29. The molecule has 2 rings (SSSR count). The number of anilines is 1. The molecule has 1 N–H and O–H groups in total. The number of likely N-dealkylation sites (N-methyl/N-ethyl adjacent to an activating group) is 2. The largest absolute Gasteiger partial charge is 0.478 e. The maximum Gasteiger partial charge on any atom is 0.335 e. The Morgan fingerprint density at radius 2 is 2.11 bits per heavy atom. The Kier molecular flexibility index (Phi) is 4.43. The zero-order valence-electron chi connectivity index (χ0n) is 11.7. The van der Waals surface area contributed by atoms with Crippen molar-refractivity contribution in [2.24, 2.45) is 0 Å². The van der Waals surface area contributed by atoms with Gasteiger partial charge in [0.1, 0.15) is 0 Å². The molecule has 1 aliphatic heterocycles. The molecule has 0 saturated carbocycles. The summed E-state index contributed by atoms with van der Waals surface area (Å²) in [7, 11) is 2.07. The van der Waals surface area contributed by atoms with Crippen LogP contribution in [0.15, 0.2) is 24.3 Å². The molecule has 19 heavy (non-hydrogen) atoms. The van der Waals surface area contributed by atoms with Crippen molar-refractivity contribution in [3.63, 3.8) is 0 Å². The summed E-state index contributed by atoms with van der Waals surface area (Å²) in [5.74, 6) is -0.873. The van der Waals surface area contributed by atoms with Crippen LogP contribution in [0, 0.1) is 0 Å². The van der Waals surface area contributed by atoms with Gasteiger partial charge in [-0.2, -0.15) is 0 Å². The van der Waals surface area contributed by atoms with Crippen molar-refractivity contribution < 1.29 is 9.90 Å². The van der Waals surface area contributed by atoms with Gasteiger partial charge in [-0.15, -0.1) is 0 Å². The molecule has 0 bridgehead atoms. The Morgan fingerprint density at radius 3 is 2.68 bits per heavy atom. The van der Waals surface area contributed by atoms with Crippen molar-refractivity contribution in [2.75, 3.05) is 31.6 Å². The molecule has 0 radical (unpaired) electrons. The van der Waals surface area contributed by atoms with E-state index in [1.807, 2.05) is 12.1 Å². The highest BCUT2D eigenvalue weighted by atomic mass is 16.4. The molecule has 1 fully saturated rings. The highest BCUT2D eigenvalue weighted by Gasteiger charge is 2.24. The molecule has 1 aromatic carbocycles. The Labute approximate surface area is 114 Å². The molecule has 1 heterocycles. The molecule has 4 nitrogen and oxygen atoms in total. The third kappa shape index (κ3) is 3.26. The van der Waals surface area contributed by atoms with Gasteiger partial charge in [0, 0.05) is 25.3 Å². The predicted molar refractivity (Wildman–Crippen MR) is 76.9 cm³/mol. The average Bonchev–Trinajstić information content (AvgIpc) is 2.86. The maximum atomic E-state index is 10.8. The first-order valence-corrected chi connectivity index (χ1v) is 6.90. The van der Waals surface area contributed by atoms with Gasteiger partial charge in [-0.1, -0.05) is 6.92 Å². The van der Waals surface area contributed by atoms with E-state index < -0.39 is 5.97 Å². The lowest BCUT2D eigenvalue weighted by molar-refractivity contribution is 0.0697. The van der Waals surface area contributed by atoms with Crippen molar-refractivity contribution in [3.05, 3.63) is 29.8 Å². The van der Waals surface area contributed by atoms with Crippen molar-refractivity contribution in [2.45, 2.75) is 25.8 Å². The smallest absolute Gasteiger partial charge is 0.335 e. The van der Waals surface area contributed by atoms with E-state index in [0.29, 0.717) is 11.6 Å². The molecule has 0 aromatic heterocycles. The molecule has 1 atom stereocenters. The van der Waals surface area contributed by atoms with Crippen molar-refractivity contribution in [1.82, 2.24) is 4.90 Å². The van der Waals surface area contributed by atoms with Crippen LogP contribution in [0.3, 0.4) is 0 Å². The molecule has 1 unspecified atom stereocenters. The second-order valence-electron chi connectivity index (χ2n) is 5.16. The van der Waals surface area contributed by atoms with Gasteiger partial charge in [-0.25, -0.2) is 4.79 Å². The summed E-state index contributed by atoms with van der Waals surface area (Å²) in [6.45, 7) is 5.52. The lowest BCUT2D eigenvalue weighted by atomic mass is 10.1. The Hall–Kier alpha value is -1.55. The van der Waals surface area contributed by atoms with Crippen molar-refractivity contribution >= 4 is 11.7 Å². The van der Waals surface area contributed by atoms with Crippen molar-refractivity contribution in [1.29, 1.82) is 0 Å². The van der Waals surface area contributed by atoms with E-state index in [4.69, 9.17) is 5.11 Å². The fraction of sp³-hybridized carbons (Fsp3) is 0.533. The second kappa shape index (κ2) is 6.06. The van der Waals surface area contributed by atoms with E-state index >= 15 is 0 Å². The van der Waals surface area contributed by atoms with E-state index in [-0.39, 0.29) is 0 Å². The first-order valence-electron chi connectivity index (χ1n) is 6.90. The lowest BCUT2D eigenvalue weighted by Crippen LogP contribution is -2.38. The molecule has 104 valence electrons. The average molecular weight is 262 g/mol. The van der Waals surface area contributed by atoms with E-state index in [9.17, 15) is 4.79 Å². The molecule has 1 saturated heterocycles. The normalized spacial score (nSPS) is 19.6. The summed E-state index contributed by atoms with van der Waals surface area (Å²) in [4.78, 5) is 15.6. The van der Waals surface area contributed by atoms with Crippen LogP contribution in [-0.4, -0.2) is 48.7 Å². The van der Waals surface area contributed by atoms with Gasteiger partial charge in [-0.3, -0.25) is 4.90 Å². The van der Waals surface area contributed by atoms with E-state index in [0.717, 1.165) is 18.8 Å². The number of aromatic carboxylic acids is 1. The number of carboxylic acids is 1. The number of nitrogens with zero attached hydrogens (tertiary/aromatic N) is 2. The number of hydrogen-bond acceptors (Lipinski definition) is 3. The molecular formula is C15H22N2O2. The van der Waals surface area contributed by atoms with Crippen LogP contribution in [0.25, 0.3) is 0 Å². The molecule has 0 spiro atoms. The van der Waals surface area contributed by atoms with Gasteiger partial charge in [0.15, 0.2) is 0 Å². The third-order valence-corrected chi connectivity index (χ3v) is 3.94. The van der Waals surface area contributed by atoms with Gasteiger partial charge < -0.3 is 10.0 Å². The van der Waals surface area contributed by atoms with E-state index in [1.54, 1.807) is 12.1 Å². The summed E-state index contributed by atoms with van der Waals surface area (Å²) in [5.41, 5.74) is 1.42. The highest BCUT2D eigenvalue weighted by molar-refractivity contribution is 5.88. The zero-order valence-corrected chi connectivity index (χ0v) is 11.7. The number of likely N-dealkylation sites (tertiary alicyclic amines) is 1. The molecule has 4 heteroatoms. The Morgan fingerprint density at radius 1 is 1.42 bits per heavy atom. The predicted octanol–water partition coefficient (Wildman–Crippen LogP) is 2.31. The summed E-state index contributed by atoms with van der Waals surface area (Å²) in [5, 5.41) is 8.89. The molecule has 1 aliphatic rings. The summed E-state index contributed by atoms with van der Waals surface area (Å²) in [6.07, 6.45) is 2.54. The van der Waals surface area contributed by atoms with Crippen LogP contribution in [0.1, 0.15) is 30.1 Å². The quantitative estimate of drug-likeness (QED) is 0.884. The number of benzene rings is 1. The summed E-state index contributed by atoms with van der Waals surface area (Å²) >= 11 is 0. The molecule has 0 amide bonds. The van der Waals surface area contributed by atoms with Crippen LogP contribution in [0.5, 0.6) is 0 Å². The number of carbonyl (C=O) groups is 1. The van der Waals surface area contributed by atoms with Gasteiger partial charge in [-0.05, 0) is 50.2 Å². The standard InChI is InChI=1S/C15H22N2O2/c1-3-17-10-4-5-14(17)11-16(2)13-8-6-12(7-9-13)15(18)19/h6-9,14H,3-5,10-11H2,1-2H3,(H,18,19). The zero-order chi connectivity index (χ0) is 13.8. The van der Waals surface area contributed by atoms with E-state index in [1.165, 1.54) is 19.4 Å². The van der Waals surface area contributed by atoms with Crippen LogP contribution in [-0.2, 0) is 0 Å². The summed E-state index contributed by atoms with van der Waals surface area (Å²) in [6, 6.07) is 7.72. The third-order valence-electron chi connectivity index (χ3n) is 3.94. The van der Waals surface area contributed by atoms with Crippen LogP contribution in [0.2, 0.25) is 0 Å². The van der Waals surface area contributed by atoms with Crippen LogP contribution >= 0.6 is 0 Å². The first kappa shape index (κ1) is 13.9. The monoisotopic (exact) mass is 262 g/mol. The number of carboxylic acid groups (broad SMARTS) is 1. The van der Waals surface area contributed by atoms with E-state index in [2.05, 4.69) is 23.8 Å². The van der Waals surface area contributed by atoms with Crippen LogP contribution < -0.4 is 4.90 Å². The van der Waals surface area contributed by atoms with Gasteiger partial charge in [0.25, 0.3) is 0 Å². The van der Waals surface area contributed by atoms with Gasteiger partial charge in [0.2, 0.25) is 0 Å². The fourth-order valence-corrected chi connectivity index (χ4v) is 2.80. The molecule has 0 aliphatic carbocycles. The van der Waals surface area contributed by atoms with Gasteiger partial charge in [0.05, 0.1) is 5.56 Å². The Bertz CT molecular complexity index is 430. The van der Waals surface area contributed by atoms with Crippen LogP contribution in [0.4, 0.5) is 5.69 Å². The topological polar surface area (TPSA) is 43.8 Å². The minimum Gasteiger partial charge on any atom is -0.478 e. The SMILES string of the molecule is CCN1CCCC1CN(C)c1ccc(C(=O)O)cc1. The maximum absolute atomic E-state index is 10.8. The molecular weight excluding hydrogens is 240 g/mol. The van der Waals surface area contributed by atoms with Crippen molar-refractivity contribution in [3.8, 4) is 0 Å². The number of rotatable bonds is 5. The second-order valence-corrected chi connectivity index (χ2v) is 5.16.